The fraction of sp³-hybridized carbons (Fsp3) is 0.954. The zero-order valence-electron chi connectivity index (χ0n) is 69.6. The van der Waals surface area contributed by atoms with Crippen LogP contribution in [-0.2, 0) is 65.4 Å². The van der Waals surface area contributed by atoms with Gasteiger partial charge < -0.3 is 33.8 Å². The van der Waals surface area contributed by atoms with Crippen LogP contribution in [0.25, 0.3) is 0 Å². The molecule has 0 aromatic carbocycles. The Hall–Kier alpha value is -1.94. The molecule has 0 spiro atoms. The zero-order valence-corrected chi connectivity index (χ0v) is 71.4. The molecule has 0 saturated carbocycles. The average molecular weight is 1550 g/mol. The van der Waals surface area contributed by atoms with E-state index in [-0.39, 0.29) is 25.7 Å². The van der Waals surface area contributed by atoms with Gasteiger partial charge in [0.15, 0.2) is 12.2 Å². The van der Waals surface area contributed by atoms with Gasteiger partial charge in [-0.2, -0.15) is 0 Å². The third-order valence-corrected chi connectivity index (χ3v) is 22.4. The molecule has 0 bridgehead atoms. The molecule has 5 atom stereocenters. The first-order chi connectivity index (χ1) is 51.5. The highest BCUT2D eigenvalue weighted by molar-refractivity contribution is 7.47. The second kappa shape index (κ2) is 79.7. The zero-order chi connectivity index (χ0) is 77.6. The van der Waals surface area contributed by atoms with Crippen molar-refractivity contribution in [3.05, 3.63) is 0 Å². The number of ether oxygens (including phenoxy) is 4. The highest BCUT2D eigenvalue weighted by atomic mass is 31.2. The van der Waals surface area contributed by atoms with Crippen molar-refractivity contribution >= 4 is 39.5 Å². The van der Waals surface area contributed by atoms with E-state index in [2.05, 4.69) is 34.6 Å². The largest absolute Gasteiger partial charge is 0.472 e. The van der Waals surface area contributed by atoms with Crippen LogP contribution in [0.3, 0.4) is 0 Å². The Labute approximate surface area is 651 Å². The number of carbonyl (C=O) groups is 4. The van der Waals surface area contributed by atoms with E-state index in [0.717, 1.165) is 95.8 Å². The predicted molar refractivity (Wildman–Crippen MR) is 437 cm³/mol. The molecule has 17 nitrogen and oxygen atoms in total. The van der Waals surface area contributed by atoms with Crippen LogP contribution in [-0.4, -0.2) is 96.7 Å². The minimum atomic E-state index is -4.97. The van der Waals surface area contributed by atoms with Crippen LogP contribution in [0, 0.1) is 5.92 Å². The van der Waals surface area contributed by atoms with E-state index in [9.17, 15) is 43.2 Å². The maximum atomic E-state index is 13.1. The molecular weight excluding hydrogens is 1380 g/mol. The molecule has 0 heterocycles. The minimum absolute atomic E-state index is 0.109. The smallest absolute Gasteiger partial charge is 0.462 e. The van der Waals surface area contributed by atoms with Crippen molar-refractivity contribution in [2.45, 2.75) is 490 Å². The van der Waals surface area contributed by atoms with E-state index < -0.39 is 97.5 Å². The summed E-state index contributed by atoms with van der Waals surface area (Å²) in [5.74, 6) is -1.30. The van der Waals surface area contributed by atoms with Crippen LogP contribution in [0.15, 0.2) is 0 Å². The molecule has 0 aliphatic heterocycles. The summed E-state index contributed by atoms with van der Waals surface area (Å²) in [6.07, 6.45) is 73.8. The van der Waals surface area contributed by atoms with E-state index in [1.807, 2.05) is 0 Å². The van der Waals surface area contributed by atoms with Crippen molar-refractivity contribution in [2.75, 3.05) is 39.6 Å². The monoisotopic (exact) mass is 1550 g/mol. The summed E-state index contributed by atoms with van der Waals surface area (Å²) < 4.78 is 68.8. The van der Waals surface area contributed by atoms with Gasteiger partial charge in [0, 0.05) is 25.7 Å². The first-order valence-electron chi connectivity index (χ1n) is 45.1. The van der Waals surface area contributed by atoms with Crippen molar-refractivity contribution in [1.29, 1.82) is 0 Å². The van der Waals surface area contributed by atoms with Crippen molar-refractivity contribution in [3.8, 4) is 0 Å². The molecule has 0 saturated heterocycles. The van der Waals surface area contributed by atoms with E-state index in [1.165, 1.54) is 295 Å². The van der Waals surface area contributed by atoms with Crippen LogP contribution in [0.5, 0.6) is 0 Å². The second-order valence-electron chi connectivity index (χ2n) is 31.8. The van der Waals surface area contributed by atoms with Gasteiger partial charge in [0.2, 0.25) is 0 Å². The van der Waals surface area contributed by atoms with Crippen LogP contribution in [0.2, 0.25) is 0 Å². The van der Waals surface area contributed by atoms with Gasteiger partial charge in [-0.15, -0.1) is 0 Å². The van der Waals surface area contributed by atoms with Gasteiger partial charge in [0.05, 0.1) is 26.4 Å². The summed E-state index contributed by atoms with van der Waals surface area (Å²) >= 11 is 0. The van der Waals surface area contributed by atoms with Gasteiger partial charge in [-0.25, -0.2) is 9.13 Å². The first-order valence-corrected chi connectivity index (χ1v) is 48.1. The lowest BCUT2D eigenvalue weighted by Crippen LogP contribution is -2.30. The highest BCUT2D eigenvalue weighted by Crippen LogP contribution is 2.45. The van der Waals surface area contributed by atoms with Gasteiger partial charge in [-0.05, 0) is 31.6 Å². The van der Waals surface area contributed by atoms with Crippen molar-refractivity contribution in [2.24, 2.45) is 5.92 Å². The van der Waals surface area contributed by atoms with Crippen molar-refractivity contribution < 1.29 is 80.2 Å². The Morgan fingerprint density at radius 3 is 0.642 bits per heavy atom. The standard InChI is InChI=1S/C87H170O17P2/c1-6-9-12-15-18-21-23-25-27-29-31-32-33-34-36-40-45-49-53-58-63-68-73-87(92)104-83(77-98-85(90)71-66-61-56-51-47-43-41-37-38-42-46-50-54-59-64-69-80(4)5)79-102-106(95,96)100-75-81(88)74-99-105(93,94)101-78-82(76-97-84(89)70-65-60-55-20-17-14-11-8-3)103-86(91)72-67-62-57-52-48-44-39-35-30-28-26-24-22-19-16-13-10-7-2/h80-83,88H,6-79H2,1-5H3,(H,93,94)(H,95,96)/t81-,82+,83+/m0/s1. The molecule has 630 valence electrons. The van der Waals surface area contributed by atoms with Gasteiger partial charge in [-0.1, -0.05) is 420 Å². The number of unbranched alkanes of at least 4 members (excludes halogenated alkanes) is 59. The Morgan fingerprint density at radius 1 is 0.255 bits per heavy atom. The van der Waals surface area contributed by atoms with E-state index in [0.29, 0.717) is 25.7 Å². The molecule has 0 aromatic heterocycles. The van der Waals surface area contributed by atoms with E-state index >= 15 is 0 Å². The maximum Gasteiger partial charge on any atom is 0.472 e. The summed E-state index contributed by atoms with van der Waals surface area (Å²) in [4.78, 5) is 73.1. The Kier molecular flexibility index (Phi) is 78.2. The van der Waals surface area contributed by atoms with Crippen LogP contribution >= 0.6 is 15.6 Å². The number of phosphoric acid groups is 2. The Bertz CT molecular complexity index is 2010. The number of aliphatic hydroxyl groups excluding tert-OH is 1. The number of phosphoric ester groups is 2. The normalized spacial score (nSPS) is 13.7. The molecule has 0 aliphatic carbocycles. The van der Waals surface area contributed by atoms with Crippen LogP contribution in [0.1, 0.15) is 471 Å². The molecule has 0 radical (unpaired) electrons. The lowest BCUT2D eigenvalue weighted by atomic mass is 10.0. The topological polar surface area (TPSA) is 237 Å². The van der Waals surface area contributed by atoms with Crippen LogP contribution < -0.4 is 0 Å². The average Bonchev–Trinajstić information content (AvgIpc) is 0.903. The molecule has 3 N–H and O–H groups in total. The summed E-state index contributed by atoms with van der Waals surface area (Å²) in [7, 11) is -9.92. The summed E-state index contributed by atoms with van der Waals surface area (Å²) in [6.45, 7) is 7.37. The number of esters is 4. The molecule has 0 aromatic rings. The molecule has 0 rings (SSSR count). The summed E-state index contributed by atoms with van der Waals surface area (Å²) in [5, 5.41) is 10.7. The number of rotatable bonds is 87. The lowest BCUT2D eigenvalue weighted by molar-refractivity contribution is -0.161. The third-order valence-electron chi connectivity index (χ3n) is 20.5. The number of aliphatic hydroxyl groups is 1. The van der Waals surface area contributed by atoms with Gasteiger partial charge in [0.25, 0.3) is 0 Å². The maximum absolute atomic E-state index is 13.1. The molecule has 0 fully saturated rings. The van der Waals surface area contributed by atoms with Gasteiger partial charge in [0.1, 0.15) is 19.3 Å². The molecular formula is C87H170O17P2. The van der Waals surface area contributed by atoms with E-state index in [4.69, 9.17) is 37.0 Å². The molecule has 2 unspecified atom stereocenters. The Balaban J connectivity index is 5.17. The van der Waals surface area contributed by atoms with Crippen molar-refractivity contribution in [3.63, 3.8) is 0 Å². The van der Waals surface area contributed by atoms with Gasteiger partial charge in [-0.3, -0.25) is 37.3 Å². The molecule has 106 heavy (non-hydrogen) atoms. The van der Waals surface area contributed by atoms with E-state index in [1.54, 1.807) is 0 Å². The minimum Gasteiger partial charge on any atom is -0.462 e. The van der Waals surface area contributed by atoms with Crippen LogP contribution in [0.4, 0.5) is 0 Å². The quantitative estimate of drug-likeness (QED) is 0.0222. The molecule has 0 amide bonds. The Morgan fingerprint density at radius 2 is 0.434 bits per heavy atom. The fourth-order valence-electron chi connectivity index (χ4n) is 13.6. The number of hydrogen-bond donors (Lipinski definition) is 3. The summed E-state index contributed by atoms with van der Waals surface area (Å²) in [5.41, 5.74) is 0. The van der Waals surface area contributed by atoms with Gasteiger partial charge >= 0.3 is 39.5 Å². The molecule has 0 aliphatic rings. The highest BCUT2D eigenvalue weighted by Gasteiger charge is 2.30. The lowest BCUT2D eigenvalue weighted by Gasteiger charge is -2.21. The predicted octanol–water partition coefficient (Wildman–Crippen LogP) is 26.8. The van der Waals surface area contributed by atoms with Crippen molar-refractivity contribution in [1.82, 2.24) is 0 Å². The first kappa shape index (κ1) is 104. The fourth-order valence-corrected chi connectivity index (χ4v) is 15.2. The third kappa shape index (κ3) is 80.1. The second-order valence-corrected chi connectivity index (χ2v) is 34.7. The number of hydrogen-bond acceptors (Lipinski definition) is 15. The SMILES string of the molecule is CCCCCCCCCCCCCCCCCCCCCCCCC(=O)O[C@H](COC(=O)CCCCCCCCCCCCCCCCCC(C)C)COP(=O)(O)OC[C@@H](O)COP(=O)(O)OC[C@@H](COC(=O)CCCCCCCCCC)OC(=O)CCCCCCCCCCCCCCCCCCCC. The summed E-state index contributed by atoms with van der Waals surface area (Å²) in [6, 6.07) is 0. The molecule has 19 heteroatoms. The number of carbonyl (C=O) groups excluding carboxylic acids is 4.